The molecule has 2 aromatic rings. The van der Waals surface area contributed by atoms with Gasteiger partial charge in [0.25, 0.3) is 0 Å². The summed E-state index contributed by atoms with van der Waals surface area (Å²) in [4.78, 5) is 22.8. The Balaban J connectivity index is 1.92. The number of anilines is 1. The monoisotopic (exact) mass is 437 g/mol. The lowest BCUT2D eigenvalue weighted by molar-refractivity contribution is -0.136. The molecule has 0 saturated heterocycles. The number of nitrogens with one attached hydrogen (secondary N) is 1. The summed E-state index contributed by atoms with van der Waals surface area (Å²) >= 11 is 12.4. The van der Waals surface area contributed by atoms with E-state index in [9.17, 15) is 9.59 Å². The molecule has 2 aromatic carbocycles. The van der Waals surface area contributed by atoms with Gasteiger partial charge in [0.2, 0.25) is 5.91 Å². The van der Waals surface area contributed by atoms with Crippen molar-refractivity contribution in [3.8, 4) is 11.5 Å². The third-order valence-electron chi connectivity index (χ3n) is 4.28. The number of carboxylic acids is 1. The Morgan fingerprint density at radius 2 is 1.62 bits per heavy atom. The van der Waals surface area contributed by atoms with Crippen molar-refractivity contribution in [3.63, 3.8) is 0 Å². The van der Waals surface area contributed by atoms with Crippen LogP contribution in [0, 0.1) is 0 Å². The van der Waals surface area contributed by atoms with Gasteiger partial charge in [-0.25, -0.2) is 0 Å². The minimum Gasteiger partial charge on any atom is -0.481 e. The first kappa shape index (κ1) is 23.0. The summed E-state index contributed by atoms with van der Waals surface area (Å²) < 4.78 is 5.74. The lowest BCUT2D eigenvalue weighted by atomic mass is 10.1. The van der Waals surface area contributed by atoms with E-state index in [2.05, 4.69) is 12.2 Å². The molecule has 1 amide bonds. The smallest absolute Gasteiger partial charge is 0.307 e. The first-order chi connectivity index (χ1) is 13.9. The number of hydrogen-bond acceptors (Lipinski definition) is 3. The van der Waals surface area contributed by atoms with Crippen LogP contribution in [0.2, 0.25) is 10.0 Å². The molecule has 156 valence electrons. The number of ether oxygens (including phenoxy) is 1. The highest BCUT2D eigenvalue weighted by Gasteiger charge is 2.13. The van der Waals surface area contributed by atoms with Crippen molar-refractivity contribution in [2.75, 3.05) is 5.32 Å². The van der Waals surface area contributed by atoms with Crippen molar-refractivity contribution in [1.29, 1.82) is 0 Å². The molecule has 0 aromatic heterocycles. The molecule has 0 heterocycles. The van der Waals surface area contributed by atoms with E-state index < -0.39 is 5.97 Å². The minimum absolute atomic E-state index is 0.00438. The van der Waals surface area contributed by atoms with Crippen LogP contribution in [0.25, 0.3) is 0 Å². The first-order valence-electron chi connectivity index (χ1n) is 9.66. The number of carbonyl (C=O) groups is 2. The number of carboxylic acid groups (broad SMARTS) is 1. The zero-order chi connectivity index (χ0) is 21.2. The lowest BCUT2D eigenvalue weighted by Crippen LogP contribution is -2.10. The van der Waals surface area contributed by atoms with Gasteiger partial charge in [0.15, 0.2) is 5.75 Å². The molecule has 7 heteroatoms. The summed E-state index contributed by atoms with van der Waals surface area (Å²) in [6, 6.07) is 9.93. The van der Waals surface area contributed by atoms with Gasteiger partial charge in [0.05, 0.1) is 16.5 Å². The molecule has 0 fully saturated rings. The maximum atomic E-state index is 12.0. The zero-order valence-electron chi connectivity index (χ0n) is 16.3. The molecule has 0 aliphatic heterocycles. The van der Waals surface area contributed by atoms with Crippen molar-refractivity contribution in [2.45, 2.75) is 51.9 Å². The number of amides is 1. The van der Waals surface area contributed by atoms with E-state index in [1.165, 1.54) is 25.0 Å². The number of carbonyl (C=O) groups excluding carboxylic acids is 1. The summed E-state index contributed by atoms with van der Waals surface area (Å²) in [5.41, 5.74) is 1.18. The van der Waals surface area contributed by atoms with E-state index in [-0.39, 0.29) is 28.1 Å². The number of rotatable bonds is 11. The largest absolute Gasteiger partial charge is 0.481 e. The molecule has 0 aliphatic rings. The third-order valence-corrected chi connectivity index (χ3v) is 4.84. The first-order valence-corrected chi connectivity index (χ1v) is 10.4. The van der Waals surface area contributed by atoms with Crippen LogP contribution >= 0.6 is 23.2 Å². The molecular weight excluding hydrogens is 413 g/mol. The summed E-state index contributed by atoms with van der Waals surface area (Å²) in [6.45, 7) is 2.16. The summed E-state index contributed by atoms with van der Waals surface area (Å²) in [5.74, 6) is -0.219. The van der Waals surface area contributed by atoms with Gasteiger partial charge in [-0.15, -0.1) is 0 Å². The van der Waals surface area contributed by atoms with Gasteiger partial charge in [-0.05, 0) is 48.4 Å². The molecule has 5 nitrogen and oxygen atoms in total. The molecule has 0 spiro atoms. The van der Waals surface area contributed by atoms with Crippen LogP contribution in [0.4, 0.5) is 5.69 Å². The quantitative estimate of drug-likeness (QED) is 0.382. The van der Waals surface area contributed by atoms with E-state index in [0.717, 1.165) is 19.3 Å². The normalized spacial score (nSPS) is 10.6. The highest BCUT2D eigenvalue weighted by molar-refractivity contribution is 6.37. The Morgan fingerprint density at radius 3 is 2.21 bits per heavy atom. The highest BCUT2D eigenvalue weighted by Crippen LogP contribution is 2.37. The van der Waals surface area contributed by atoms with Crippen molar-refractivity contribution in [3.05, 3.63) is 52.0 Å². The van der Waals surface area contributed by atoms with Crippen LogP contribution < -0.4 is 10.1 Å². The van der Waals surface area contributed by atoms with Crippen molar-refractivity contribution in [1.82, 2.24) is 0 Å². The Labute approximate surface area is 181 Å². The second-order valence-electron chi connectivity index (χ2n) is 6.80. The van der Waals surface area contributed by atoms with Gasteiger partial charge in [0, 0.05) is 12.1 Å². The Bertz CT molecular complexity index is 814. The molecule has 0 radical (unpaired) electrons. The molecule has 29 heavy (non-hydrogen) atoms. The molecular formula is C22H25Cl2NO4. The average Bonchev–Trinajstić information content (AvgIpc) is 2.65. The number of benzene rings is 2. The SMILES string of the molecule is CCCCCCCC(=O)Nc1ccc(Oc2c(Cl)cc(CC(=O)O)cc2Cl)cc1. The molecule has 0 unspecified atom stereocenters. The number of aliphatic carboxylic acids is 1. The van der Waals surface area contributed by atoms with Gasteiger partial charge in [-0.2, -0.15) is 0 Å². The molecule has 0 aliphatic carbocycles. The van der Waals surface area contributed by atoms with Crippen molar-refractivity contribution >= 4 is 40.8 Å². The highest BCUT2D eigenvalue weighted by atomic mass is 35.5. The number of halogens is 2. The van der Waals surface area contributed by atoms with Gasteiger partial charge < -0.3 is 15.2 Å². The lowest BCUT2D eigenvalue weighted by Gasteiger charge is -2.12. The molecule has 2 rings (SSSR count). The van der Waals surface area contributed by atoms with Crippen LogP contribution in [0.15, 0.2) is 36.4 Å². The van der Waals surface area contributed by atoms with Crippen molar-refractivity contribution in [2.24, 2.45) is 0 Å². The Hall–Kier alpha value is -2.24. The average molecular weight is 438 g/mol. The predicted octanol–water partition coefficient (Wildman–Crippen LogP) is 6.71. The van der Waals surface area contributed by atoms with Gasteiger partial charge in [-0.3, -0.25) is 9.59 Å². The molecule has 0 bridgehead atoms. The van der Waals surface area contributed by atoms with Gasteiger partial charge >= 0.3 is 5.97 Å². The Kier molecular flexibility index (Phi) is 9.29. The predicted molar refractivity (Wildman–Crippen MR) is 116 cm³/mol. The van der Waals surface area contributed by atoms with Crippen LogP contribution in [0.5, 0.6) is 11.5 Å². The van der Waals surface area contributed by atoms with Crippen LogP contribution in [0.3, 0.4) is 0 Å². The summed E-state index contributed by atoms with van der Waals surface area (Å²) in [7, 11) is 0. The minimum atomic E-state index is -0.968. The zero-order valence-corrected chi connectivity index (χ0v) is 17.9. The van der Waals surface area contributed by atoms with Gasteiger partial charge in [-0.1, -0.05) is 55.8 Å². The second-order valence-corrected chi connectivity index (χ2v) is 7.61. The second kappa shape index (κ2) is 11.7. The van der Waals surface area contributed by atoms with Crippen LogP contribution in [-0.4, -0.2) is 17.0 Å². The van der Waals surface area contributed by atoms with E-state index in [1.807, 2.05) is 0 Å². The molecule has 0 saturated carbocycles. The fraction of sp³-hybridized carbons (Fsp3) is 0.364. The fourth-order valence-corrected chi connectivity index (χ4v) is 3.43. The molecule has 0 atom stereocenters. The maximum Gasteiger partial charge on any atom is 0.307 e. The van der Waals surface area contributed by atoms with E-state index in [1.54, 1.807) is 24.3 Å². The van der Waals surface area contributed by atoms with Crippen molar-refractivity contribution < 1.29 is 19.4 Å². The third kappa shape index (κ3) is 7.95. The summed E-state index contributed by atoms with van der Waals surface area (Å²) in [6.07, 6.45) is 5.85. The van der Waals surface area contributed by atoms with E-state index >= 15 is 0 Å². The van der Waals surface area contributed by atoms with Crippen LogP contribution in [-0.2, 0) is 16.0 Å². The van der Waals surface area contributed by atoms with E-state index in [4.69, 9.17) is 33.0 Å². The molecule has 2 N–H and O–H groups in total. The maximum absolute atomic E-state index is 12.0. The number of unbranched alkanes of at least 4 members (excludes halogenated alkanes) is 4. The van der Waals surface area contributed by atoms with Gasteiger partial charge in [0.1, 0.15) is 5.75 Å². The standard InChI is InChI=1S/C22H25Cl2NO4/c1-2-3-4-5-6-7-20(26)25-16-8-10-17(11-9-16)29-22-18(23)12-15(13-19(22)24)14-21(27)28/h8-13H,2-7,14H2,1H3,(H,25,26)(H,27,28). The van der Waals surface area contributed by atoms with E-state index in [0.29, 0.717) is 23.4 Å². The van der Waals surface area contributed by atoms with Crippen LogP contribution in [0.1, 0.15) is 51.0 Å². The number of hydrogen-bond donors (Lipinski definition) is 2. The fourth-order valence-electron chi connectivity index (χ4n) is 2.82. The Morgan fingerprint density at radius 1 is 1.00 bits per heavy atom. The summed E-state index contributed by atoms with van der Waals surface area (Å²) in [5, 5.41) is 12.2. The topological polar surface area (TPSA) is 75.6 Å².